The van der Waals surface area contributed by atoms with Crippen LogP contribution >= 0.6 is 0 Å². The first-order chi connectivity index (χ1) is 21.2. The largest absolute Gasteiger partial charge is 0.548 e. The number of carbonyl (C=O) groups is 2. The Kier molecular flexibility index (Phi) is 17.2. The molecule has 1 aliphatic rings. The maximum absolute atomic E-state index is 12.2. The van der Waals surface area contributed by atoms with Crippen molar-refractivity contribution in [3.8, 4) is 11.1 Å². The van der Waals surface area contributed by atoms with Crippen LogP contribution in [0.3, 0.4) is 0 Å². The van der Waals surface area contributed by atoms with Gasteiger partial charge in [-0.15, -0.1) is 0 Å². The third-order valence-corrected chi connectivity index (χ3v) is 6.31. The molecule has 0 saturated carbocycles. The van der Waals surface area contributed by atoms with Gasteiger partial charge in [-0.3, -0.25) is 0 Å². The number of amides is 1. The summed E-state index contributed by atoms with van der Waals surface area (Å²) >= 11 is 0. The number of hydrogen-bond donors (Lipinski definition) is 1. The summed E-state index contributed by atoms with van der Waals surface area (Å²) in [6.45, 7) is 5.39. The first-order valence-electron chi connectivity index (χ1n) is 14.5. The van der Waals surface area contributed by atoms with Crippen molar-refractivity contribution < 1.29 is 52.6 Å². The summed E-state index contributed by atoms with van der Waals surface area (Å²) in [5.74, 6) is -1.22. The highest BCUT2D eigenvalue weighted by Crippen LogP contribution is 2.44. The molecule has 2 aromatic carbocycles. The van der Waals surface area contributed by atoms with Crippen molar-refractivity contribution in [3.05, 3.63) is 59.7 Å². The zero-order chi connectivity index (χ0) is 30.4. The maximum atomic E-state index is 12.2. The van der Waals surface area contributed by atoms with E-state index in [1.807, 2.05) is 24.3 Å². The van der Waals surface area contributed by atoms with Gasteiger partial charge in [0.05, 0.1) is 98.5 Å². The second kappa shape index (κ2) is 21.6. The van der Waals surface area contributed by atoms with Gasteiger partial charge in [0.25, 0.3) is 0 Å². The summed E-state index contributed by atoms with van der Waals surface area (Å²) in [4.78, 5) is 22.3. The number of aliphatic carboxylic acids is 1. The molecule has 1 N–H and O–H groups in total. The fourth-order valence-electron chi connectivity index (χ4n) is 4.35. The van der Waals surface area contributed by atoms with Gasteiger partial charge >= 0.3 is 6.09 Å². The van der Waals surface area contributed by atoms with Crippen molar-refractivity contribution in [1.82, 2.24) is 5.32 Å². The molecular weight excluding hydrogens is 562 g/mol. The third kappa shape index (κ3) is 13.8. The number of hydrogen-bond acceptors (Lipinski definition) is 11. The van der Waals surface area contributed by atoms with Crippen LogP contribution in [-0.4, -0.2) is 118 Å². The van der Waals surface area contributed by atoms with Crippen LogP contribution in [0.15, 0.2) is 48.5 Å². The first kappa shape index (κ1) is 34.4. The molecule has 238 valence electrons. The Bertz CT molecular complexity index is 1020. The van der Waals surface area contributed by atoms with Crippen LogP contribution in [0.5, 0.6) is 0 Å². The number of carboxylic acids is 1. The van der Waals surface area contributed by atoms with Crippen LogP contribution in [0.2, 0.25) is 0 Å². The lowest BCUT2D eigenvalue weighted by atomic mass is 9.98. The zero-order valence-corrected chi connectivity index (χ0v) is 24.5. The molecule has 12 heteroatoms. The Hall–Kier alpha value is -3.10. The molecule has 0 heterocycles. The molecule has 0 saturated heterocycles. The highest BCUT2D eigenvalue weighted by molar-refractivity contribution is 5.79. The Morgan fingerprint density at radius 2 is 0.977 bits per heavy atom. The fraction of sp³-hybridized carbons (Fsp3) is 0.548. The number of carbonyl (C=O) groups excluding carboxylic acids is 2. The molecule has 0 unspecified atom stereocenters. The second-order valence-electron chi connectivity index (χ2n) is 9.35. The van der Waals surface area contributed by atoms with Crippen LogP contribution < -0.4 is 10.4 Å². The van der Waals surface area contributed by atoms with E-state index in [2.05, 4.69) is 29.6 Å². The number of benzene rings is 2. The van der Waals surface area contributed by atoms with Gasteiger partial charge in [-0.2, -0.15) is 0 Å². The molecular formula is C31H42NO11-. The molecule has 2 aromatic rings. The van der Waals surface area contributed by atoms with E-state index in [9.17, 15) is 14.7 Å². The van der Waals surface area contributed by atoms with Gasteiger partial charge in [0, 0.05) is 12.5 Å². The zero-order valence-electron chi connectivity index (χ0n) is 24.5. The van der Waals surface area contributed by atoms with Gasteiger partial charge in [0.2, 0.25) is 0 Å². The molecule has 12 nitrogen and oxygen atoms in total. The quantitative estimate of drug-likeness (QED) is 0.164. The van der Waals surface area contributed by atoms with Crippen LogP contribution in [-0.2, 0) is 42.7 Å². The van der Waals surface area contributed by atoms with Gasteiger partial charge in [-0.05, 0) is 22.3 Å². The fourth-order valence-corrected chi connectivity index (χ4v) is 4.35. The number of fused-ring (bicyclic) bond motifs is 3. The van der Waals surface area contributed by atoms with Crippen molar-refractivity contribution in [2.24, 2.45) is 0 Å². The minimum atomic E-state index is -1.25. The molecule has 0 spiro atoms. The highest BCUT2D eigenvalue weighted by atomic mass is 16.6. The normalized spacial score (nSPS) is 12.2. The van der Waals surface area contributed by atoms with E-state index >= 15 is 0 Å². The smallest absolute Gasteiger partial charge is 0.407 e. The Morgan fingerprint density at radius 3 is 1.42 bits per heavy atom. The molecule has 43 heavy (non-hydrogen) atoms. The van der Waals surface area contributed by atoms with Gasteiger partial charge in [0.1, 0.15) is 6.61 Å². The average molecular weight is 605 g/mol. The van der Waals surface area contributed by atoms with Crippen LogP contribution in [0, 0.1) is 0 Å². The van der Waals surface area contributed by atoms with Crippen LogP contribution in [0.25, 0.3) is 11.1 Å². The van der Waals surface area contributed by atoms with Gasteiger partial charge in [-0.1, -0.05) is 48.5 Å². The summed E-state index contributed by atoms with van der Waals surface area (Å²) in [7, 11) is 0. The molecule has 3 rings (SSSR count). The summed E-state index contributed by atoms with van der Waals surface area (Å²) in [6, 6.07) is 16.5. The number of ether oxygens (including phenoxy) is 8. The standard InChI is InChI=1S/C31H43NO11/c33-30(34)24-42-22-21-41-20-19-40-18-17-39-16-15-38-14-13-37-12-11-36-10-9-32-31(35)43-23-29-27-7-3-1-5-25(27)26-6-2-4-8-28(26)29/h1-8,29H,9-24H2,(H,32,35)(H,33,34)/p-1. The minimum Gasteiger partial charge on any atom is -0.548 e. The van der Waals surface area contributed by atoms with Gasteiger partial charge < -0.3 is 53.1 Å². The number of carboxylic acid groups (broad SMARTS) is 1. The van der Waals surface area contributed by atoms with E-state index in [0.717, 1.165) is 0 Å². The van der Waals surface area contributed by atoms with E-state index in [-0.39, 0.29) is 19.1 Å². The molecule has 0 radical (unpaired) electrons. The molecule has 0 aliphatic heterocycles. The molecule has 1 aliphatic carbocycles. The van der Waals surface area contributed by atoms with Gasteiger partial charge in [0.15, 0.2) is 0 Å². The Balaban J connectivity index is 1.04. The van der Waals surface area contributed by atoms with E-state index in [0.29, 0.717) is 85.8 Å². The van der Waals surface area contributed by atoms with Gasteiger partial charge in [-0.25, -0.2) is 4.79 Å². The van der Waals surface area contributed by atoms with Crippen molar-refractivity contribution >= 4 is 12.1 Å². The summed E-state index contributed by atoms with van der Waals surface area (Å²) in [5.41, 5.74) is 4.75. The van der Waals surface area contributed by atoms with E-state index in [1.54, 1.807) is 0 Å². The Morgan fingerprint density at radius 1 is 0.581 bits per heavy atom. The van der Waals surface area contributed by atoms with Crippen molar-refractivity contribution in [2.75, 3.05) is 106 Å². The lowest BCUT2D eigenvalue weighted by molar-refractivity contribution is -0.309. The molecule has 0 fully saturated rings. The maximum Gasteiger partial charge on any atom is 0.407 e. The highest BCUT2D eigenvalue weighted by Gasteiger charge is 2.28. The van der Waals surface area contributed by atoms with Crippen molar-refractivity contribution in [2.45, 2.75) is 5.92 Å². The SMILES string of the molecule is O=C([O-])COCCOCCOCCOCCOCCOCCOCCNC(=O)OCC1c2ccccc2-c2ccccc21. The number of alkyl carbamates (subject to hydrolysis) is 1. The van der Waals surface area contributed by atoms with E-state index < -0.39 is 18.7 Å². The topological polar surface area (TPSA) is 143 Å². The molecule has 0 atom stereocenters. The third-order valence-electron chi connectivity index (χ3n) is 6.31. The second-order valence-corrected chi connectivity index (χ2v) is 9.35. The number of nitrogens with one attached hydrogen (secondary N) is 1. The Labute approximate surface area is 252 Å². The predicted octanol–water partition coefficient (Wildman–Crippen LogP) is 1.39. The summed E-state index contributed by atoms with van der Waals surface area (Å²) in [5, 5.41) is 12.9. The lowest BCUT2D eigenvalue weighted by Crippen LogP contribution is -2.29. The monoisotopic (exact) mass is 604 g/mol. The summed E-state index contributed by atoms with van der Waals surface area (Å²) < 4.78 is 42.7. The van der Waals surface area contributed by atoms with Crippen molar-refractivity contribution in [1.29, 1.82) is 0 Å². The van der Waals surface area contributed by atoms with E-state index in [1.165, 1.54) is 22.3 Å². The average Bonchev–Trinajstić information content (AvgIpc) is 3.33. The van der Waals surface area contributed by atoms with Crippen LogP contribution in [0.4, 0.5) is 4.79 Å². The first-order valence-corrected chi connectivity index (χ1v) is 14.5. The minimum absolute atomic E-state index is 0.0332. The van der Waals surface area contributed by atoms with E-state index in [4.69, 9.17) is 37.9 Å². The number of rotatable bonds is 25. The summed E-state index contributed by atoms with van der Waals surface area (Å²) in [6.07, 6.45) is -0.461. The molecule has 0 aromatic heterocycles. The molecule has 1 amide bonds. The van der Waals surface area contributed by atoms with Crippen LogP contribution in [0.1, 0.15) is 17.0 Å². The van der Waals surface area contributed by atoms with Crippen molar-refractivity contribution in [3.63, 3.8) is 0 Å². The predicted molar refractivity (Wildman–Crippen MR) is 154 cm³/mol. The lowest BCUT2D eigenvalue weighted by Gasteiger charge is -2.14. The molecule has 0 bridgehead atoms.